The van der Waals surface area contributed by atoms with Gasteiger partial charge >= 0.3 is 6.18 Å². The summed E-state index contributed by atoms with van der Waals surface area (Å²) in [5.74, 6) is 1.15. The lowest BCUT2D eigenvalue weighted by atomic mass is 9.94. The summed E-state index contributed by atoms with van der Waals surface area (Å²) < 4.78 is 41.2. The molecule has 2 N–H and O–H groups in total. The van der Waals surface area contributed by atoms with E-state index in [9.17, 15) is 13.2 Å². The van der Waals surface area contributed by atoms with Gasteiger partial charge in [0.1, 0.15) is 11.6 Å². The average molecular weight is 576 g/mol. The molecular formula is C27H36F3N9S. The van der Waals surface area contributed by atoms with Gasteiger partial charge < -0.3 is 14.8 Å². The molecule has 1 aliphatic carbocycles. The van der Waals surface area contributed by atoms with E-state index in [2.05, 4.69) is 30.3 Å². The number of anilines is 3. The van der Waals surface area contributed by atoms with Crippen molar-refractivity contribution in [3.05, 3.63) is 41.9 Å². The number of aromatic nitrogens is 6. The topological polar surface area (TPSA) is 90.8 Å². The normalized spacial score (nSPS) is 17.6. The molecule has 9 nitrogen and oxygen atoms in total. The molecule has 0 bridgehead atoms. The Morgan fingerprint density at radius 3 is 2.45 bits per heavy atom. The van der Waals surface area contributed by atoms with Crippen molar-refractivity contribution in [3.8, 4) is 0 Å². The number of H-pyrrole nitrogens is 1. The third-order valence-electron chi connectivity index (χ3n) is 7.70. The SMILES string of the molecule is Cc1cc(Nc2cc(N3CCN(C4CCCCC4)CC3)nc(Sc3ccc4nc(C(F)(F)F)n(C)c4c3)n2)n[nH]1.[HH].[HH]. The van der Waals surface area contributed by atoms with E-state index in [0.29, 0.717) is 33.9 Å². The van der Waals surface area contributed by atoms with Crippen LogP contribution in [0.1, 0.15) is 46.5 Å². The molecule has 1 aliphatic heterocycles. The van der Waals surface area contributed by atoms with Crippen LogP contribution in [-0.2, 0) is 13.2 Å². The van der Waals surface area contributed by atoms with Gasteiger partial charge in [0, 0.05) is 64.8 Å². The van der Waals surface area contributed by atoms with Crippen molar-refractivity contribution in [2.45, 2.75) is 61.3 Å². The number of hydrogen-bond donors (Lipinski definition) is 2. The van der Waals surface area contributed by atoms with Gasteiger partial charge in [-0.15, -0.1) is 0 Å². The summed E-state index contributed by atoms with van der Waals surface area (Å²) in [6.07, 6.45) is 2.04. The smallest absolute Gasteiger partial charge is 0.354 e. The number of fused-ring (bicyclic) bond motifs is 1. The van der Waals surface area contributed by atoms with Crippen molar-refractivity contribution < 1.29 is 16.0 Å². The van der Waals surface area contributed by atoms with Gasteiger partial charge in [0.05, 0.1) is 11.0 Å². The molecule has 1 saturated heterocycles. The second-order valence-corrected chi connectivity index (χ2v) is 11.6. The van der Waals surface area contributed by atoms with Gasteiger partial charge in [0.2, 0.25) is 5.82 Å². The van der Waals surface area contributed by atoms with Crippen LogP contribution in [0.4, 0.5) is 30.6 Å². The lowest BCUT2D eigenvalue weighted by Crippen LogP contribution is -2.51. The molecule has 0 atom stereocenters. The molecule has 0 spiro atoms. The van der Waals surface area contributed by atoms with E-state index < -0.39 is 12.0 Å². The van der Waals surface area contributed by atoms with Gasteiger partial charge in [-0.2, -0.15) is 18.3 Å². The largest absolute Gasteiger partial charge is 0.449 e. The van der Waals surface area contributed by atoms with E-state index in [1.54, 1.807) is 18.2 Å². The molecule has 216 valence electrons. The number of alkyl halides is 3. The highest BCUT2D eigenvalue weighted by Gasteiger charge is 2.36. The minimum atomic E-state index is -4.52. The third-order valence-corrected chi connectivity index (χ3v) is 8.55. The molecular weight excluding hydrogens is 539 g/mol. The summed E-state index contributed by atoms with van der Waals surface area (Å²) in [7, 11) is 1.38. The Labute approximate surface area is 237 Å². The lowest BCUT2D eigenvalue weighted by Gasteiger charge is -2.41. The van der Waals surface area contributed by atoms with Crippen LogP contribution in [-0.4, -0.2) is 66.8 Å². The minimum Gasteiger partial charge on any atom is -0.354 e. The number of rotatable bonds is 6. The van der Waals surface area contributed by atoms with Gasteiger partial charge in [-0.25, -0.2) is 15.0 Å². The van der Waals surface area contributed by atoms with Crippen molar-refractivity contribution in [2.24, 2.45) is 7.05 Å². The molecule has 2 aliphatic rings. The predicted molar refractivity (Wildman–Crippen MR) is 153 cm³/mol. The van der Waals surface area contributed by atoms with Crippen LogP contribution in [0, 0.1) is 6.92 Å². The van der Waals surface area contributed by atoms with E-state index in [-0.39, 0.29) is 2.85 Å². The first-order valence-electron chi connectivity index (χ1n) is 13.6. The zero-order valence-corrected chi connectivity index (χ0v) is 23.3. The fourth-order valence-corrected chi connectivity index (χ4v) is 6.45. The van der Waals surface area contributed by atoms with Crippen molar-refractivity contribution in [1.82, 2.24) is 34.6 Å². The van der Waals surface area contributed by atoms with Crippen molar-refractivity contribution in [2.75, 3.05) is 36.4 Å². The van der Waals surface area contributed by atoms with E-state index in [4.69, 9.17) is 9.97 Å². The van der Waals surface area contributed by atoms with Crippen LogP contribution in [0.3, 0.4) is 0 Å². The van der Waals surface area contributed by atoms with Gasteiger partial charge in [-0.3, -0.25) is 10.00 Å². The van der Waals surface area contributed by atoms with Gasteiger partial charge in [-0.05, 0) is 49.7 Å². The molecule has 4 aromatic rings. The van der Waals surface area contributed by atoms with Crippen LogP contribution in [0.15, 0.2) is 40.4 Å². The van der Waals surface area contributed by atoms with Crippen LogP contribution in [0.5, 0.6) is 0 Å². The second kappa shape index (κ2) is 10.9. The fourth-order valence-electron chi connectivity index (χ4n) is 5.65. The highest BCUT2D eigenvalue weighted by Crippen LogP contribution is 2.35. The van der Waals surface area contributed by atoms with Crippen molar-refractivity contribution in [1.29, 1.82) is 0 Å². The lowest BCUT2D eigenvalue weighted by molar-refractivity contribution is -0.146. The van der Waals surface area contributed by atoms with Gasteiger partial charge in [0.15, 0.2) is 11.0 Å². The number of hydrogen-bond acceptors (Lipinski definition) is 8. The summed E-state index contributed by atoms with van der Waals surface area (Å²) >= 11 is 1.31. The highest BCUT2D eigenvalue weighted by molar-refractivity contribution is 7.99. The Morgan fingerprint density at radius 1 is 0.975 bits per heavy atom. The van der Waals surface area contributed by atoms with Gasteiger partial charge in [-0.1, -0.05) is 19.3 Å². The van der Waals surface area contributed by atoms with Crippen LogP contribution in [0.25, 0.3) is 11.0 Å². The first-order chi connectivity index (χ1) is 19.2. The first-order valence-corrected chi connectivity index (χ1v) is 14.4. The van der Waals surface area contributed by atoms with E-state index in [0.717, 1.165) is 47.2 Å². The van der Waals surface area contributed by atoms with E-state index >= 15 is 0 Å². The Balaban J connectivity index is 0.00000202. The maximum Gasteiger partial charge on any atom is 0.449 e. The molecule has 4 heterocycles. The molecule has 0 unspecified atom stereocenters. The Kier molecular flexibility index (Phi) is 7.34. The monoisotopic (exact) mass is 575 g/mol. The maximum atomic E-state index is 13.4. The zero-order chi connectivity index (χ0) is 27.9. The molecule has 1 saturated carbocycles. The number of benzene rings is 1. The van der Waals surface area contributed by atoms with E-state index in [1.165, 1.54) is 50.9 Å². The summed E-state index contributed by atoms with van der Waals surface area (Å²) in [6.45, 7) is 5.67. The number of aryl methyl sites for hydroxylation is 2. The van der Waals surface area contributed by atoms with Crippen LogP contribution < -0.4 is 10.2 Å². The zero-order valence-electron chi connectivity index (χ0n) is 22.5. The molecule has 6 rings (SSSR count). The number of nitrogens with one attached hydrogen (secondary N) is 2. The minimum absolute atomic E-state index is 0. The Bertz CT molecular complexity index is 1500. The summed E-state index contributed by atoms with van der Waals surface area (Å²) in [6, 6.07) is 9.57. The Hall–Kier alpha value is -3.32. The molecule has 3 aromatic heterocycles. The molecule has 0 amide bonds. The summed E-state index contributed by atoms with van der Waals surface area (Å²) in [5.41, 5.74) is 1.62. The number of halogens is 3. The molecule has 2 fully saturated rings. The predicted octanol–water partition coefficient (Wildman–Crippen LogP) is 6.26. The standard InChI is InChI=1S/C27H32F3N9S.2H2/c1-17-14-23(36-35-17)32-22-16-24(39-12-10-38(11-13-39)18-6-4-3-5-7-18)34-26(33-22)40-19-8-9-20-21(15-19)37(2)25(31-20)27(28,29)30;;/h8-9,14-16,18H,3-7,10-13H2,1-2H3,(H2,32,33,34,35,36);2*1H. The number of imidazole rings is 1. The molecule has 0 radical (unpaired) electrons. The summed E-state index contributed by atoms with van der Waals surface area (Å²) in [4.78, 5) is 19.0. The fraction of sp³-hybridized carbons (Fsp3) is 0.481. The molecule has 13 heteroatoms. The number of piperazine rings is 1. The molecule has 40 heavy (non-hydrogen) atoms. The molecule has 1 aromatic carbocycles. The Morgan fingerprint density at radius 2 is 1.75 bits per heavy atom. The summed E-state index contributed by atoms with van der Waals surface area (Å²) in [5, 5.41) is 11.0. The highest BCUT2D eigenvalue weighted by atomic mass is 32.2. The third kappa shape index (κ3) is 5.75. The second-order valence-electron chi connectivity index (χ2n) is 10.5. The first kappa shape index (κ1) is 26.9. The number of nitrogens with zero attached hydrogens (tertiary/aromatic N) is 7. The van der Waals surface area contributed by atoms with Crippen molar-refractivity contribution in [3.63, 3.8) is 0 Å². The van der Waals surface area contributed by atoms with Crippen LogP contribution >= 0.6 is 11.8 Å². The van der Waals surface area contributed by atoms with Crippen LogP contribution in [0.2, 0.25) is 0 Å². The van der Waals surface area contributed by atoms with E-state index in [1.807, 2.05) is 19.1 Å². The van der Waals surface area contributed by atoms with Crippen molar-refractivity contribution >= 4 is 40.2 Å². The maximum absolute atomic E-state index is 13.4. The van der Waals surface area contributed by atoms with Gasteiger partial charge in [0.25, 0.3) is 0 Å². The quantitative estimate of drug-likeness (QED) is 0.261. The number of aromatic amines is 1. The average Bonchev–Trinajstić information content (AvgIpc) is 3.51.